The number of hydrogen-bond donors (Lipinski definition) is 1. The van der Waals surface area contributed by atoms with Crippen molar-refractivity contribution in [3.8, 4) is 0 Å². The van der Waals surface area contributed by atoms with E-state index in [9.17, 15) is 9.59 Å². The molecular formula is C13H18N2O4. The Morgan fingerprint density at radius 1 is 1.47 bits per heavy atom. The fourth-order valence-electron chi connectivity index (χ4n) is 2.29. The van der Waals surface area contributed by atoms with Crippen LogP contribution >= 0.6 is 0 Å². The van der Waals surface area contributed by atoms with Crippen molar-refractivity contribution in [2.75, 3.05) is 20.1 Å². The van der Waals surface area contributed by atoms with Crippen LogP contribution in [0.1, 0.15) is 30.0 Å². The van der Waals surface area contributed by atoms with Crippen LogP contribution in [0.4, 0.5) is 0 Å². The first-order valence-electron chi connectivity index (χ1n) is 6.13. The molecular weight excluding hydrogens is 248 g/mol. The van der Waals surface area contributed by atoms with Gasteiger partial charge in [-0.15, -0.1) is 0 Å². The van der Waals surface area contributed by atoms with Gasteiger partial charge in [-0.3, -0.25) is 9.69 Å². The van der Waals surface area contributed by atoms with E-state index in [-0.39, 0.29) is 11.5 Å². The highest BCUT2D eigenvalue weighted by Gasteiger charge is 2.40. The van der Waals surface area contributed by atoms with E-state index in [1.54, 1.807) is 11.9 Å². The number of piperazine rings is 1. The number of rotatable bonds is 3. The molecule has 1 aromatic heterocycles. The molecule has 1 aromatic rings. The Kier molecular flexibility index (Phi) is 3.36. The minimum atomic E-state index is -1.01. The average Bonchev–Trinajstić information content (AvgIpc) is 2.79. The summed E-state index contributed by atoms with van der Waals surface area (Å²) >= 11 is 0. The summed E-state index contributed by atoms with van der Waals surface area (Å²) in [5.41, 5.74) is -0.475. The average molecular weight is 266 g/mol. The van der Waals surface area contributed by atoms with Gasteiger partial charge in [-0.1, -0.05) is 0 Å². The monoisotopic (exact) mass is 266 g/mol. The first-order valence-corrected chi connectivity index (χ1v) is 6.13. The molecule has 19 heavy (non-hydrogen) atoms. The third kappa shape index (κ3) is 2.49. The molecule has 6 heteroatoms. The van der Waals surface area contributed by atoms with Crippen molar-refractivity contribution in [1.82, 2.24) is 9.80 Å². The number of carbonyl (C=O) groups excluding carboxylic acids is 1. The lowest BCUT2D eigenvalue weighted by Gasteiger charge is -2.44. The van der Waals surface area contributed by atoms with E-state index in [2.05, 4.69) is 0 Å². The van der Waals surface area contributed by atoms with Gasteiger partial charge in [-0.25, -0.2) is 4.79 Å². The van der Waals surface area contributed by atoms with E-state index >= 15 is 0 Å². The summed E-state index contributed by atoms with van der Waals surface area (Å²) in [7, 11) is 1.79. The lowest BCUT2D eigenvalue weighted by molar-refractivity contribution is -0.147. The summed E-state index contributed by atoms with van der Waals surface area (Å²) in [6.45, 7) is 5.56. The van der Waals surface area contributed by atoms with Gasteiger partial charge in [-0.05, 0) is 19.9 Å². The van der Waals surface area contributed by atoms with Crippen molar-refractivity contribution in [2.24, 2.45) is 0 Å². The molecule has 104 valence electrons. The van der Waals surface area contributed by atoms with Gasteiger partial charge in [0.1, 0.15) is 12.0 Å². The Morgan fingerprint density at radius 3 is 2.74 bits per heavy atom. The molecule has 2 rings (SSSR count). The first-order chi connectivity index (χ1) is 8.82. The summed E-state index contributed by atoms with van der Waals surface area (Å²) in [5.74, 6) is -0.393. The molecule has 6 nitrogen and oxygen atoms in total. The van der Waals surface area contributed by atoms with Crippen LogP contribution in [0.3, 0.4) is 0 Å². The number of aromatic carboxylic acids is 1. The largest absolute Gasteiger partial charge is 0.478 e. The van der Waals surface area contributed by atoms with E-state index in [1.807, 2.05) is 18.7 Å². The molecule has 0 radical (unpaired) electrons. The molecule has 0 spiro atoms. The molecule has 1 saturated heterocycles. The number of furan rings is 1. The lowest BCUT2D eigenvalue weighted by Crippen LogP contribution is -2.61. The predicted molar refractivity (Wildman–Crippen MR) is 67.8 cm³/mol. The summed E-state index contributed by atoms with van der Waals surface area (Å²) in [6.07, 6.45) is 1.22. The molecule has 0 atom stereocenters. The molecule has 1 aliphatic heterocycles. The smallest absolute Gasteiger partial charge is 0.338 e. The molecule has 0 aromatic carbocycles. The predicted octanol–water partition coefficient (Wildman–Crippen LogP) is 1.03. The Bertz CT molecular complexity index is 506. The zero-order chi connectivity index (χ0) is 14.2. The van der Waals surface area contributed by atoms with Crippen molar-refractivity contribution in [1.29, 1.82) is 0 Å². The maximum absolute atomic E-state index is 12.1. The van der Waals surface area contributed by atoms with Gasteiger partial charge >= 0.3 is 5.97 Å². The van der Waals surface area contributed by atoms with E-state index in [1.165, 1.54) is 12.3 Å². The Labute approximate surface area is 111 Å². The van der Waals surface area contributed by atoms with Gasteiger partial charge in [-0.2, -0.15) is 0 Å². The van der Waals surface area contributed by atoms with Crippen molar-refractivity contribution in [3.05, 3.63) is 23.7 Å². The first kappa shape index (κ1) is 13.6. The number of likely N-dealkylation sites (N-methyl/N-ethyl adjacent to an activating group) is 1. The minimum Gasteiger partial charge on any atom is -0.478 e. The Balaban J connectivity index is 2.13. The fraction of sp³-hybridized carbons (Fsp3) is 0.538. The van der Waals surface area contributed by atoms with Gasteiger partial charge in [0.05, 0.1) is 17.6 Å². The van der Waals surface area contributed by atoms with Gasteiger partial charge in [0.2, 0.25) is 5.91 Å². The maximum atomic E-state index is 12.1. The highest BCUT2D eigenvalue weighted by molar-refractivity contribution is 5.87. The standard InChI is InChI=1S/C13H18N2O4/c1-13(2)12(18)14(3)4-5-15(13)7-10-6-9(8-19-10)11(16)17/h6,8H,4-5,7H2,1-3H3,(H,16,17). The zero-order valence-corrected chi connectivity index (χ0v) is 11.3. The second kappa shape index (κ2) is 4.70. The van der Waals surface area contributed by atoms with Crippen LogP contribution in [-0.2, 0) is 11.3 Å². The molecule has 2 heterocycles. The van der Waals surface area contributed by atoms with Crippen LogP contribution < -0.4 is 0 Å². The topological polar surface area (TPSA) is 74.0 Å². The van der Waals surface area contributed by atoms with E-state index in [0.717, 1.165) is 6.54 Å². The number of carboxylic acid groups (broad SMARTS) is 1. The SMILES string of the molecule is CN1CCN(Cc2cc(C(=O)O)co2)C(C)(C)C1=O. The molecule has 1 aliphatic rings. The van der Waals surface area contributed by atoms with E-state index in [0.29, 0.717) is 18.8 Å². The number of carbonyl (C=O) groups is 2. The maximum Gasteiger partial charge on any atom is 0.338 e. The molecule has 0 saturated carbocycles. The highest BCUT2D eigenvalue weighted by atomic mass is 16.4. The van der Waals surface area contributed by atoms with Crippen molar-refractivity contribution in [2.45, 2.75) is 25.9 Å². The van der Waals surface area contributed by atoms with Crippen LogP contribution in [0, 0.1) is 0 Å². The summed E-state index contributed by atoms with van der Waals surface area (Å²) in [6, 6.07) is 1.50. The van der Waals surface area contributed by atoms with E-state index < -0.39 is 11.5 Å². The Morgan fingerprint density at radius 2 is 2.16 bits per heavy atom. The molecule has 1 N–H and O–H groups in total. The third-order valence-corrected chi connectivity index (χ3v) is 3.61. The van der Waals surface area contributed by atoms with Gasteiger partial charge in [0, 0.05) is 20.1 Å². The third-order valence-electron chi connectivity index (χ3n) is 3.61. The summed E-state index contributed by atoms with van der Waals surface area (Å²) in [4.78, 5) is 26.6. The van der Waals surface area contributed by atoms with Crippen LogP contribution in [0.15, 0.2) is 16.7 Å². The van der Waals surface area contributed by atoms with Crippen LogP contribution in [0.5, 0.6) is 0 Å². The molecule has 0 unspecified atom stereocenters. The molecule has 0 bridgehead atoms. The number of nitrogens with zero attached hydrogens (tertiary/aromatic N) is 2. The van der Waals surface area contributed by atoms with Crippen LogP contribution in [-0.4, -0.2) is 52.5 Å². The van der Waals surface area contributed by atoms with Gasteiger partial charge in [0.15, 0.2) is 0 Å². The van der Waals surface area contributed by atoms with Crippen LogP contribution in [0.2, 0.25) is 0 Å². The van der Waals surface area contributed by atoms with Crippen molar-refractivity contribution in [3.63, 3.8) is 0 Å². The number of amides is 1. The second-order valence-electron chi connectivity index (χ2n) is 5.31. The number of carboxylic acids is 1. The zero-order valence-electron chi connectivity index (χ0n) is 11.3. The molecule has 1 fully saturated rings. The quantitative estimate of drug-likeness (QED) is 0.884. The fourth-order valence-corrected chi connectivity index (χ4v) is 2.29. The van der Waals surface area contributed by atoms with Gasteiger partial charge in [0.25, 0.3) is 0 Å². The van der Waals surface area contributed by atoms with Gasteiger partial charge < -0.3 is 14.4 Å². The Hall–Kier alpha value is -1.82. The minimum absolute atomic E-state index is 0.0590. The van der Waals surface area contributed by atoms with Crippen molar-refractivity contribution >= 4 is 11.9 Å². The normalized spacial score (nSPS) is 19.7. The summed E-state index contributed by atoms with van der Waals surface area (Å²) < 4.78 is 5.24. The van der Waals surface area contributed by atoms with E-state index in [4.69, 9.17) is 9.52 Å². The molecule has 0 aliphatic carbocycles. The summed E-state index contributed by atoms with van der Waals surface area (Å²) in [5, 5.41) is 8.85. The van der Waals surface area contributed by atoms with Crippen LogP contribution in [0.25, 0.3) is 0 Å². The highest BCUT2D eigenvalue weighted by Crippen LogP contribution is 2.24. The van der Waals surface area contributed by atoms with Crippen molar-refractivity contribution < 1.29 is 19.1 Å². The lowest BCUT2D eigenvalue weighted by atomic mass is 9.97. The second-order valence-corrected chi connectivity index (χ2v) is 5.31. The molecule has 1 amide bonds. The number of hydrogen-bond acceptors (Lipinski definition) is 4.